The monoisotopic (exact) mass is 412 g/mol. The number of carbonyl (C=O) groups is 1. The Morgan fingerprint density at radius 1 is 1.21 bits per heavy atom. The highest BCUT2D eigenvalue weighted by Gasteiger charge is 2.28. The van der Waals surface area contributed by atoms with Gasteiger partial charge in [-0.25, -0.2) is 8.42 Å². The van der Waals surface area contributed by atoms with Crippen LogP contribution in [0.25, 0.3) is 0 Å². The lowest BCUT2D eigenvalue weighted by atomic mass is 10.3. The lowest BCUT2D eigenvalue weighted by molar-refractivity contribution is -0.117. The highest BCUT2D eigenvalue weighted by atomic mass is 79.9. The van der Waals surface area contributed by atoms with Gasteiger partial charge in [-0.3, -0.25) is 9.10 Å². The van der Waals surface area contributed by atoms with Crippen LogP contribution in [0.3, 0.4) is 0 Å². The van der Waals surface area contributed by atoms with Crippen LogP contribution < -0.4 is 14.8 Å². The molecule has 1 amide bonds. The van der Waals surface area contributed by atoms with Crippen molar-refractivity contribution in [3.63, 3.8) is 0 Å². The van der Waals surface area contributed by atoms with Crippen molar-refractivity contribution < 1.29 is 17.9 Å². The van der Waals surface area contributed by atoms with Crippen molar-refractivity contribution in [1.29, 1.82) is 0 Å². The standard InChI is InChI=1S/C16H17BrN2O4S/c1-23-14-8-7-12(17)11-15(14)24(21,22)19(10-9-16(18)20)13-5-3-2-4-6-13/h2-8,11H,9-10H2,1H3,(H2,18,20). The van der Waals surface area contributed by atoms with Crippen LogP contribution in [-0.2, 0) is 14.8 Å². The SMILES string of the molecule is COc1ccc(Br)cc1S(=O)(=O)N(CCC(N)=O)c1ccccc1. The summed E-state index contributed by atoms with van der Waals surface area (Å²) in [5.41, 5.74) is 5.63. The van der Waals surface area contributed by atoms with E-state index in [4.69, 9.17) is 10.5 Å². The Kier molecular flexibility index (Phi) is 5.84. The van der Waals surface area contributed by atoms with Crippen LogP contribution in [0.2, 0.25) is 0 Å². The fraction of sp³-hybridized carbons (Fsp3) is 0.188. The first kappa shape index (κ1) is 18.3. The van der Waals surface area contributed by atoms with Crippen molar-refractivity contribution >= 4 is 37.5 Å². The molecule has 0 atom stereocenters. The van der Waals surface area contributed by atoms with E-state index in [2.05, 4.69) is 15.9 Å². The average molecular weight is 413 g/mol. The molecule has 0 aliphatic heterocycles. The molecule has 0 radical (unpaired) electrons. The van der Waals surface area contributed by atoms with E-state index in [-0.39, 0.29) is 23.6 Å². The zero-order chi connectivity index (χ0) is 17.7. The molecule has 0 saturated carbocycles. The van der Waals surface area contributed by atoms with Gasteiger partial charge in [-0.2, -0.15) is 0 Å². The Labute approximate surface area is 149 Å². The van der Waals surface area contributed by atoms with Crippen molar-refractivity contribution in [2.75, 3.05) is 18.0 Å². The lowest BCUT2D eigenvalue weighted by Gasteiger charge is -2.25. The molecule has 0 heterocycles. The number of anilines is 1. The number of carbonyl (C=O) groups excluding carboxylic acids is 1. The first-order valence-electron chi connectivity index (χ1n) is 7.06. The number of amides is 1. The van der Waals surface area contributed by atoms with Gasteiger partial charge in [-0.1, -0.05) is 34.1 Å². The molecule has 2 aromatic carbocycles. The number of rotatable bonds is 7. The van der Waals surface area contributed by atoms with Gasteiger partial charge in [0, 0.05) is 17.4 Å². The summed E-state index contributed by atoms with van der Waals surface area (Å²) >= 11 is 3.27. The van der Waals surface area contributed by atoms with E-state index < -0.39 is 15.9 Å². The minimum Gasteiger partial charge on any atom is -0.495 e. The maximum atomic E-state index is 13.2. The number of nitrogens with zero attached hydrogens (tertiary/aromatic N) is 1. The topological polar surface area (TPSA) is 89.7 Å². The normalized spacial score (nSPS) is 11.1. The Morgan fingerprint density at radius 2 is 1.88 bits per heavy atom. The maximum absolute atomic E-state index is 13.2. The van der Waals surface area contributed by atoms with Crippen molar-refractivity contribution in [3.8, 4) is 5.75 Å². The minimum atomic E-state index is -3.94. The van der Waals surface area contributed by atoms with Crippen LogP contribution in [0.5, 0.6) is 5.75 Å². The summed E-state index contributed by atoms with van der Waals surface area (Å²) in [6.45, 7) is -0.0582. The van der Waals surface area contributed by atoms with Gasteiger partial charge in [-0.05, 0) is 30.3 Å². The molecule has 128 valence electrons. The number of methoxy groups -OCH3 is 1. The molecule has 2 aromatic rings. The predicted octanol–water partition coefficient (Wildman–Crippen LogP) is 2.53. The molecule has 24 heavy (non-hydrogen) atoms. The molecule has 0 aliphatic rings. The van der Waals surface area contributed by atoms with Gasteiger partial charge in [0.05, 0.1) is 12.8 Å². The summed E-state index contributed by atoms with van der Waals surface area (Å²) in [7, 11) is -2.54. The van der Waals surface area contributed by atoms with Crippen molar-refractivity contribution in [2.24, 2.45) is 5.73 Å². The first-order valence-corrected chi connectivity index (χ1v) is 9.29. The van der Waals surface area contributed by atoms with Gasteiger partial charge in [0.25, 0.3) is 10.0 Å². The van der Waals surface area contributed by atoms with Crippen molar-refractivity contribution in [3.05, 3.63) is 53.0 Å². The van der Waals surface area contributed by atoms with E-state index in [1.807, 2.05) is 0 Å². The summed E-state index contributed by atoms with van der Waals surface area (Å²) < 4.78 is 33.2. The Balaban J connectivity index is 2.55. The van der Waals surface area contributed by atoms with E-state index in [1.165, 1.54) is 13.2 Å². The second-order valence-electron chi connectivity index (χ2n) is 4.92. The number of hydrogen-bond acceptors (Lipinski definition) is 4. The van der Waals surface area contributed by atoms with E-state index in [1.54, 1.807) is 42.5 Å². The number of hydrogen-bond donors (Lipinski definition) is 1. The number of nitrogens with two attached hydrogens (primary N) is 1. The molecule has 2 N–H and O–H groups in total. The van der Waals surface area contributed by atoms with E-state index in [9.17, 15) is 13.2 Å². The third kappa shape index (κ3) is 4.07. The molecule has 2 rings (SSSR count). The average Bonchev–Trinajstić information content (AvgIpc) is 2.55. The predicted molar refractivity (Wildman–Crippen MR) is 95.5 cm³/mol. The van der Waals surface area contributed by atoms with Crippen LogP contribution >= 0.6 is 15.9 Å². The maximum Gasteiger partial charge on any atom is 0.268 e. The Morgan fingerprint density at radius 3 is 2.46 bits per heavy atom. The fourth-order valence-corrected chi connectivity index (χ4v) is 4.33. The number of para-hydroxylation sites is 1. The fourth-order valence-electron chi connectivity index (χ4n) is 2.16. The molecule has 0 fully saturated rings. The van der Waals surface area contributed by atoms with E-state index in [0.29, 0.717) is 10.2 Å². The van der Waals surface area contributed by atoms with Crippen LogP contribution in [0.15, 0.2) is 57.9 Å². The molecule has 0 aromatic heterocycles. The molecule has 0 unspecified atom stereocenters. The third-order valence-corrected chi connectivity index (χ3v) is 5.64. The second-order valence-corrected chi connectivity index (χ2v) is 7.67. The summed E-state index contributed by atoms with van der Waals surface area (Å²) in [5.74, 6) is -0.356. The molecule has 6 nitrogen and oxygen atoms in total. The number of ether oxygens (including phenoxy) is 1. The van der Waals surface area contributed by atoms with Crippen LogP contribution in [0, 0.1) is 0 Å². The number of benzene rings is 2. The van der Waals surface area contributed by atoms with Gasteiger partial charge in [0.2, 0.25) is 5.91 Å². The number of sulfonamides is 1. The van der Waals surface area contributed by atoms with Crippen LogP contribution in [0.1, 0.15) is 6.42 Å². The number of halogens is 1. The highest BCUT2D eigenvalue weighted by Crippen LogP contribution is 2.32. The molecular weight excluding hydrogens is 396 g/mol. The zero-order valence-electron chi connectivity index (χ0n) is 13.0. The molecule has 0 saturated heterocycles. The second kappa shape index (κ2) is 7.67. The van der Waals surface area contributed by atoms with Crippen molar-refractivity contribution in [1.82, 2.24) is 0 Å². The highest BCUT2D eigenvalue weighted by molar-refractivity contribution is 9.10. The largest absolute Gasteiger partial charge is 0.495 e. The van der Waals surface area contributed by atoms with Gasteiger partial charge in [0.1, 0.15) is 10.6 Å². The smallest absolute Gasteiger partial charge is 0.268 e. The quantitative estimate of drug-likeness (QED) is 0.756. The van der Waals surface area contributed by atoms with Crippen LogP contribution in [0.4, 0.5) is 5.69 Å². The van der Waals surface area contributed by atoms with Gasteiger partial charge in [-0.15, -0.1) is 0 Å². The van der Waals surface area contributed by atoms with Crippen LogP contribution in [-0.4, -0.2) is 28.0 Å². The molecule has 0 bridgehead atoms. The zero-order valence-corrected chi connectivity index (χ0v) is 15.4. The summed E-state index contributed by atoms with van der Waals surface area (Å²) in [6, 6.07) is 13.3. The molecule has 0 aliphatic carbocycles. The molecular formula is C16H17BrN2O4S. The molecule has 0 spiro atoms. The summed E-state index contributed by atoms with van der Waals surface area (Å²) in [5, 5.41) is 0. The van der Waals surface area contributed by atoms with Gasteiger partial charge < -0.3 is 10.5 Å². The first-order chi connectivity index (χ1) is 11.4. The van der Waals surface area contributed by atoms with E-state index >= 15 is 0 Å². The van der Waals surface area contributed by atoms with E-state index in [0.717, 1.165) is 4.31 Å². The summed E-state index contributed by atoms with van der Waals surface area (Å²) in [6.07, 6.45) is -0.0928. The van der Waals surface area contributed by atoms with Crippen molar-refractivity contribution in [2.45, 2.75) is 11.3 Å². The Bertz CT molecular complexity index is 825. The third-order valence-electron chi connectivity index (χ3n) is 3.30. The summed E-state index contributed by atoms with van der Waals surface area (Å²) in [4.78, 5) is 11.2. The number of primary amides is 1. The lowest BCUT2D eigenvalue weighted by Crippen LogP contribution is -2.34. The van der Waals surface area contributed by atoms with Gasteiger partial charge in [0.15, 0.2) is 0 Å². The Hall–Kier alpha value is -2.06. The minimum absolute atomic E-state index is 0.00713. The van der Waals surface area contributed by atoms with Gasteiger partial charge >= 0.3 is 0 Å². The molecule has 8 heteroatoms.